The minimum absolute atomic E-state index is 0.236. The molecule has 62 valence electrons. The Balaban J connectivity index is 2.39. The van der Waals surface area contributed by atoms with E-state index in [1.165, 1.54) is 0 Å². The SMILES string of the molecule is Cc1cn(COC(C)C)nn1. The summed E-state index contributed by atoms with van der Waals surface area (Å²) in [5.74, 6) is 0. The quantitative estimate of drug-likeness (QED) is 0.653. The fraction of sp³-hybridized carbons (Fsp3) is 0.714. The molecule has 0 aliphatic heterocycles. The largest absolute Gasteiger partial charge is 0.357 e. The Bertz CT molecular complexity index is 219. The van der Waals surface area contributed by atoms with E-state index in [4.69, 9.17) is 4.74 Å². The molecule has 1 aromatic heterocycles. The summed E-state index contributed by atoms with van der Waals surface area (Å²) < 4.78 is 6.98. The van der Waals surface area contributed by atoms with Crippen LogP contribution in [0.3, 0.4) is 0 Å². The Morgan fingerprint density at radius 1 is 1.64 bits per heavy atom. The van der Waals surface area contributed by atoms with Gasteiger partial charge in [-0.2, -0.15) is 0 Å². The third-order valence-electron chi connectivity index (χ3n) is 1.19. The first-order chi connectivity index (χ1) is 5.18. The zero-order valence-corrected chi connectivity index (χ0v) is 7.11. The summed E-state index contributed by atoms with van der Waals surface area (Å²) in [7, 11) is 0. The van der Waals surface area contributed by atoms with Crippen molar-refractivity contribution in [2.45, 2.75) is 33.6 Å². The summed E-state index contributed by atoms with van der Waals surface area (Å²) in [5, 5.41) is 7.66. The van der Waals surface area contributed by atoms with Gasteiger partial charge in [-0.05, 0) is 20.8 Å². The first-order valence-corrected chi connectivity index (χ1v) is 3.67. The van der Waals surface area contributed by atoms with E-state index in [0.29, 0.717) is 6.73 Å². The van der Waals surface area contributed by atoms with Crippen molar-refractivity contribution in [1.29, 1.82) is 0 Å². The van der Waals surface area contributed by atoms with Gasteiger partial charge in [0.2, 0.25) is 0 Å². The molecule has 0 unspecified atom stereocenters. The summed E-state index contributed by atoms with van der Waals surface area (Å²) in [5.41, 5.74) is 0.914. The Morgan fingerprint density at radius 2 is 2.36 bits per heavy atom. The molecule has 0 saturated heterocycles. The lowest BCUT2D eigenvalue weighted by Gasteiger charge is -2.05. The highest BCUT2D eigenvalue weighted by Crippen LogP contribution is 1.93. The second kappa shape index (κ2) is 3.48. The molecule has 1 rings (SSSR count). The minimum atomic E-state index is 0.236. The van der Waals surface area contributed by atoms with Crippen molar-refractivity contribution in [2.24, 2.45) is 0 Å². The van der Waals surface area contributed by atoms with Gasteiger partial charge in [-0.15, -0.1) is 5.10 Å². The van der Waals surface area contributed by atoms with Crippen LogP contribution in [0.25, 0.3) is 0 Å². The summed E-state index contributed by atoms with van der Waals surface area (Å²) in [6.07, 6.45) is 2.09. The van der Waals surface area contributed by atoms with Gasteiger partial charge in [0, 0.05) is 0 Å². The maximum atomic E-state index is 5.30. The van der Waals surface area contributed by atoms with Crippen LogP contribution in [0.15, 0.2) is 6.20 Å². The van der Waals surface area contributed by atoms with E-state index in [9.17, 15) is 0 Å². The lowest BCUT2D eigenvalue weighted by atomic mass is 10.5. The number of aromatic nitrogens is 3. The molecule has 0 N–H and O–H groups in total. The van der Waals surface area contributed by atoms with Gasteiger partial charge in [-0.25, -0.2) is 4.68 Å². The van der Waals surface area contributed by atoms with Crippen LogP contribution in [0, 0.1) is 6.92 Å². The van der Waals surface area contributed by atoms with Crippen LogP contribution in [0.5, 0.6) is 0 Å². The first-order valence-electron chi connectivity index (χ1n) is 3.67. The predicted molar refractivity (Wildman–Crippen MR) is 41.0 cm³/mol. The lowest BCUT2D eigenvalue weighted by molar-refractivity contribution is 0.0211. The molecule has 0 atom stereocenters. The van der Waals surface area contributed by atoms with Crippen LogP contribution in [0.1, 0.15) is 19.5 Å². The van der Waals surface area contributed by atoms with Crippen molar-refractivity contribution >= 4 is 0 Å². The molecule has 0 aromatic carbocycles. The summed E-state index contributed by atoms with van der Waals surface area (Å²) in [4.78, 5) is 0. The lowest BCUT2D eigenvalue weighted by Crippen LogP contribution is -2.08. The first kappa shape index (κ1) is 8.20. The average Bonchev–Trinajstić information content (AvgIpc) is 2.31. The Labute approximate surface area is 66.2 Å². The molecule has 0 fully saturated rings. The normalized spacial score (nSPS) is 10.9. The van der Waals surface area contributed by atoms with E-state index >= 15 is 0 Å². The molecule has 0 radical (unpaired) electrons. The zero-order chi connectivity index (χ0) is 8.27. The minimum Gasteiger partial charge on any atom is -0.357 e. The molecule has 0 aliphatic rings. The highest BCUT2D eigenvalue weighted by atomic mass is 16.5. The van der Waals surface area contributed by atoms with Gasteiger partial charge in [0.1, 0.15) is 6.73 Å². The monoisotopic (exact) mass is 155 g/mol. The number of ether oxygens (including phenoxy) is 1. The van der Waals surface area contributed by atoms with Crippen molar-refractivity contribution in [3.8, 4) is 0 Å². The van der Waals surface area contributed by atoms with Crippen molar-refractivity contribution in [2.75, 3.05) is 0 Å². The topological polar surface area (TPSA) is 39.9 Å². The zero-order valence-electron chi connectivity index (χ0n) is 7.11. The molecular formula is C7H13N3O. The van der Waals surface area contributed by atoms with E-state index in [2.05, 4.69) is 10.3 Å². The van der Waals surface area contributed by atoms with Gasteiger partial charge in [0.15, 0.2) is 0 Å². The Kier molecular flexibility index (Phi) is 2.59. The van der Waals surface area contributed by atoms with E-state index in [1.807, 2.05) is 27.0 Å². The highest BCUT2D eigenvalue weighted by molar-refractivity contribution is 4.85. The number of rotatable bonds is 3. The molecule has 0 spiro atoms. The summed E-state index contributed by atoms with van der Waals surface area (Å²) >= 11 is 0. The van der Waals surface area contributed by atoms with E-state index in [1.54, 1.807) is 4.68 Å². The average molecular weight is 155 g/mol. The fourth-order valence-corrected chi connectivity index (χ4v) is 0.684. The molecule has 0 saturated carbocycles. The van der Waals surface area contributed by atoms with Gasteiger partial charge < -0.3 is 4.74 Å². The predicted octanol–water partition coefficient (Wildman–Crippen LogP) is 0.969. The van der Waals surface area contributed by atoms with Gasteiger partial charge in [-0.1, -0.05) is 5.21 Å². The van der Waals surface area contributed by atoms with Crippen LogP contribution in [-0.4, -0.2) is 21.1 Å². The Hall–Kier alpha value is -0.900. The summed E-state index contributed by atoms with van der Waals surface area (Å²) in [6, 6.07) is 0. The van der Waals surface area contributed by atoms with Crippen LogP contribution in [-0.2, 0) is 11.5 Å². The van der Waals surface area contributed by atoms with Crippen molar-refractivity contribution in [3.05, 3.63) is 11.9 Å². The number of aryl methyl sites for hydroxylation is 1. The van der Waals surface area contributed by atoms with Crippen LogP contribution < -0.4 is 0 Å². The second-order valence-corrected chi connectivity index (χ2v) is 2.74. The third-order valence-corrected chi connectivity index (χ3v) is 1.19. The van der Waals surface area contributed by atoms with E-state index in [0.717, 1.165) is 5.69 Å². The van der Waals surface area contributed by atoms with Crippen LogP contribution in [0.4, 0.5) is 0 Å². The third kappa shape index (κ3) is 2.67. The molecule has 1 heterocycles. The molecule has 4 heteroatoms. The van der Waals surface area contributed by atoms with Gasteiger partial charge >= 0.3 is 0 Å². The maximum Gasteiger partial charge on any atom is 0.141 e. The van der Waals surface area contributed by atoms with Crippen molar-refractivity contribution in [3.63, 3.8) is 0 Å². The van der Waals surface area contributed by atoms with Gasteiger partial charge in [0.25, 0.3) is 0 Å². The van der Waals surface area contributed by atoms with Crippen LogP contribution >= 0.6 is 0 Å². The smallest absolute Gasteiger partial charge is 0.141 e. The van der Waals surface area contributed by atoms with E-state index in [-0.39, 0.29) is 6.10 Å². The number of nitrogens with zero attached hydrogens (tertiary/aromatic N) is 3. The number of hydrogen-bond acceptors (Lipinski definition) is 3. The molecule has 0 aliphatic carbocycles. The standard InChI is InChI=1S/C7H13N3O/c1-6(2)11-5-10-4-7(3)8-9-10/h4,6H,5H2,1-3H3. The Morgan fingerprint density at radius 3 is 2.82 bits per heavy atom. The van der Waals surface area contributed by atoms with Crippen molar-refractivity contribution < 1.29 is 4.74 Å². The number of hydrogen-bond donors (Lipinski definition) is 0. The molecular weight excluding hydrogens is 142 g/mol. The molecule has 11 heavy (non-hydrogen) atoms. The molecule has 4 nitrogen and oxygen atoms in total. The fourth-order valence-electron chi connectivity index (χ4n) is 0.684. The maximum absolute atomic E-state index is 5.30. The molecule has 0 amide bonds. The van der Waals surface area contributed by atoms with Gasteiger partial charge in [-0.3, -0.25) is 0 Å². The molecule has 0 bridgehead atoms. The highest BCUT2D eigenvalue weighted by Gasteiger charge is 1.96. The molecule has 1 aromatic rings. The van der Waals surface area contributed by atoms with Gasteiger partial charge in [0.05, 0.1) is 18.0 Å². The summed E-state index contributed by atoms with van der Waals surface area (Å²) in [6.45, 7) is 6.37. The second-order valence-electron chi connectivity index (χ2n) is 2.74. The van der Waals surface area contributed by atoms with E-state index < -0.39 is 0 Å². The van der Waals surface area contributed by atoms with Crippen molar-refractivity contribution in [1.82, 2.24) is 15.0 Å². The van der Waals surface area contributed by atoms with Crippen LogP contribution in [0.2, 0.25) is 0 Å².